The predicted molar refractivity (Wildman–Crippen MR) is 92.8 cm³/mol. The molecule has 5 heteroatoms. The summed E-state index contributed by atoms with van der Waals surface area (Å²) in [5, 5.41) is 5.74. The van der Waals surface area contributed by atoms with Crippen LogP contribution in [0.15, 0.2) is 60.7 Å². The molecule has 0 aliphatic carbocycles. The summed E-state index contributed by atoms with van der Waals surface area (Å²) in [4.78, 5) is 11.8. The van der Waals surface area contributed by atoms with Crippen LogP contribution < -0.4 is 15.4 Å². The molecular weight excluding hydrogens is 296 g/mol. The standard InChI is InChI=1S/C17H16N2O2S/c1-21-15-10-6-5-9-14(15)18-17(22)19-16(20)12-11-13-7-3-2-4-8-13/h2-12H,1H3,(H2,18,19,20,22)/b12-11+. The monoisotopic (exact) mass is 312 g/mol. The Labute approximate surface area is 134 Å². The molecule has 0 atom stereocenters. The van der Waals surface area contributed by atoms with Crippen LogP contribution in [-0.2, 0) is 4.79 Å². The van der Waals surface area contributed by atoms with Crippen LogP contribution in [0.1, 0.15) is 5.56 Å². The number of hydrogen-bond donors (Lipinski definition) is 2. The van der Waals surface area contributed by atoms with E-state index in [2.05, 4.69) is 10.6 Å². The van der Waals surface area contributed by atoms with E-state index >= 15 is 0 Å². The molecule has 0 unspecified atom stereocenters. The summed E-state index contributed by atoms with van der Waals surface area (Å²) in [7, 11) is 1.57. The number of methoxy groups -OCH3 is 1. The van der Waals surface area contributed by atoms with Crippen LogP contribution in [0, 0.1) is 0 Å². The van der Waals surface area contributed by atoms with E-state index < -0.39 is 0 Å². The molecule has 0 fully saturated rings. The van der Waals surface area contributed by atoms with Crippen LogP contribution in [-0.4, -0.2) is 18.1 Å². The van der Waals surface area contributed by atoms with E-state index in [9.17, 15) is 4.79 Å². The lowest BCUT2D eigenvalue weighted by atomic mass is 10.2. The van der Waals surface area contributed by atoms with Gasteiger partial charge in [0.05, 0.1) is 12.8 Å². The molecule has 0 radical (unpaired) electrons. The fourth-order valence-electron chi connectivity index (χ4n) is 1.79. The van der Waals surface area contributed by atoms with E-state index in [1.807, 2.05) is 54.6 Å². The van der Waals surface area contributed by atoms with Gasteiger partial charge in [0.25, 0.3) is 0 Å². The van der Waals surface area contributed by atoms with Gasteiger partial charge >= 0.3 is 0 Å². The first kappa shape index (κ1) is 15.7. The lowest BCUT2D eigenvalue weighted by molar-refractivity contribution is -0.115. The fourth-order valence-corrected chi connectivity index (χ4v) is 2.00. The van der Waals surface area contributed by atoms with Crippen LogP contribution in [0.2, 0.25) is 0 Å². The predicted octanol–water partition coefficient (Wildman–Crippen LogP) is 3.22. The van der Waals surface area contributed by atoms with Crippen LogP contribution in [0.25, 0.3) is 6.08 Å². The highest BCUT2D eigenvalue weighted by Crippen LogP contribution is 2.22. The summed E-state index contributed by atoms with van der Waals surface area (Å²) in [5.41, 5.74) is 1.64. The topological polar surface area (TPSA) is 50.4 Å². The molecule has 2 N–H and O–H groups in total. The molecule has 2 aromatic rings. The lowest BCUT2D eigenvalue weighted by Gasteiger charge is -2.11. The summed E-state index contributed by atoms with van der Waals surface area (Å²) >= 11 is 5.12. The summed E-state index contributed by atoms with van der Waals surface area (Å²) in [6, 6.07) is 16.9. The molecule has 0 aliphatic rings. The van der Waals surface area contributed by atoms with Crippen molar-refractivity contribution in [3.05, 3.63) is 66.2 Å². The third kappa shape index (κ3) is 4.71. The van der Waals surface area contributed by atoms with E-state index in [4.69, 9.17) is 17.0 Å². The van der Waals surface area contributed by atoms with Crippen LogP contribution in [0.4, 0.5) is 5.69 Å². The van der Waals surface area contributed by atoms with Gasteiger partial charge in [0.2, 0.25) is 5.91 Å². The Hall–Kier alpha value is -2.66. The largest absolute Gasteiger partial charge is 0.495 e. The summed E-state index contributed by atoms with van der Waals surface area (Å²) in [6.07, 6.45) is 3.16. The molecule has 112 valence electrons. The quantitative estimate of drug-likeness (QED) is 0.672. The molecule has 4 nitrogen and oxygen atoms in total. The van der Waals surface area contributed by atoms with Gasteiger partial charge in [0, 0.05) is 6.08 Å². The molecule has 0 aromatic heterocycles. The Morgan fingerprint density at radius 3 is 2.50 bits per heavy atom. The van der Waals surface area contributed by atoms with Crippen molar-refractivity contribution in [1.82, 2.24) is 5.32 Å². The zero-order chi connectivity index (χ0) is 15.8. The summed E-state index contributed by atoms with van der Waals surface area (Å²) < 4.78 is 5.21. The van der Waals surface area contributed by atoms with Crippen molar-refractivity contribution in [2.75, 3.05) is 12.4 Å². The molecule has 2 rings (SSSR count). The Morgan fingerprint density at radius 1 is 1.09 bits per heavy atom. The molecule has 1 amide bonds. The van der Waals surface area contributed by atoms with Gasteiger partial charge in [0.15, 0.2) is 5.11 Å². The molecule has 0 saturated carbocycles. The first-order chi connectivity index (χ1) is 10.7. The summed E-state index contributed by atoms with van der Waals surface area (Å²) in [5.74, 6) is 0.357. The highest BCUT2D eigenvalue weighted by Gasteiger charge is 2.05. The number of amides is 1. The van der Waals surface area contributed by atoms with Crippen LogP contribution in [0.3, 0.4) is 0 Å². The zero-order valence-electron chi connectivity index (χ0n) is 12.1. The maximum absolute atomic E-state index is 11.8. The Kier molecular flexibility index (Phi) is 5.68. The van der Waals surface area contributed by atoms with Gasteiger partial charge in [-0.1, -0.05) is 42.5 Å². The third-order valence-corrected chi connectivity index (χ3v) is 3.02. The lowest BCUT2D eigenvalue weighted by Crippen LogP contribution is -2.32. The second-order valence-corrected chi connectivity index (χ2v) is 4.80. The molecule has 0 bridgehead atoms. The number of nitrogens with one attached hydrogen (secondary N) is 2. The van der Waals surface area contributed by atoms with Gasteiger partial charge in [0.1, 0.15) is 5.75 Å². The maximum Gasteiger partial charge on any atom is 0.250 e. The van der Waals surface area contributed by atoms with E-state index in [1.165, 1.54) is 6.08 Å². The molecule has 0 aliphatic heterocycles. The first-order valence-corrected chi connectivity index (χ1v) is 7.08. The minimum atomic E-state index is -0.295. The molecule has 0 heterocycles. The Bertz CT molecular complexity index is 684. The minimum absolute atomic E-state index is 0.215. The van der Waals surface area contributed by atoms with Gasteiger partial charge in [-0.2, -0.15) is 0 Å². The number of carbonyl (C=O) groups excluding carboxylic acids is 1. The smallest absolute Gasteiger partial charge is 0.250 e. The molecule has 0 saturated heterocycles. The molecular formula is C17H16N2O2S. The highest BCUT2D eigenvalue weighted by molar-refractivity contribution is 7.80. The first-order valence-electron chi connectivity index (χ1n) is 6.67. The van der Waals surface area contributed by atoms with Crippen molar-refractivity contribution < 1.29 is 9.53 Å². The maximum atomic E-state index is 11.8. The van der Waals surface area contributed by atoms with Crippen molar-refractivity contribution in [3.8, 4) is 5.75 Å². The highest BCUT2D eigenvalue weighted by atomic mass is 32.1. The van der Waals surface area contributed by atoms with Crippen molar-refractivity contribution >= 4 is 35.0 Å². The van der Waals surface area contributed by atoms with Crippen LogP contribution >= 0.6 is 12.2 Å². The summed E-state index contributed by atoms with van der Waals surface area (Å²) in [6.45, 7) is 0. The van der Waals surface area contributed by atoms with Crippen molar-refractivity contribution in [3.63, 3.8) is 0 Å². The number of benzene rings is 2. The van der Waals surface area contributed by atoms with E-state index in [-0.39, 0.29) is 11.0 Å². The van der Waals surface area contributed by atoms with Gasteiger partial charge < -0.3 is 10.1 Å². The number of ether oxygens (including phenoxy) is 1. The van der Waals surface area contributed by atoms with Gasteiger partial charge in [-0.05, 0) is 36.0 Å². The van der Waals surface area contributed by atoms with Crippen molar-refractivity contribution in [2.45, 2.75) is 0 Å². The molecule has 0 spiro atoms. The van der Waals surface area contributed by atoms with Crippen molar-refractivity contribution in [1.29, 1.82) is 0 Å². The minimum Gasteiger partial charge on any atom is -0.495 e. The average molecular weight is 312 g/mol. The number of carbonyl (C=O) groups is 1. The zero-order valence-corrected chi connectivity index (χ0v) is 12.9. The fraction of sp³-hybridized carbons (Fsp3) is 0.0588. The van der Waals surface area contributed by atoms with Gasteiger partial charge in [-0.15, -0.1) is 0 Å². The van der Waals surface area contributed by atoms with Crippen LogP contribution in [0.5, 0.6) is 5.75 Å². The van der Waals surface area contributed by atoms with Gasteiger partial charge in [-0.3, -0.25) is 10.1 Å². The Morgan fingerprint density at radius 2 is 1.77 bits per heavy atom. The van der Waals surface area contributed by atoms with E-state index in [1.54, 1.807) is 13.2 Å². The normalized spacial score (nSPS) is 10.2. The average Bonchev–Trinajstić information content (AvgIpc) is 2.54. The number of thiocarbonyl (C=S) groups is 1. The number of para-hydroxylation sites is 2. The molecule has 2 aromatic carbocycles. The van der Waals surface area contributed by atoms with Crippen molar-refractivity contribution in [2.24, 2.45) is 0 Å². The number of rotatable bonds is 4. The molecule has 22 heavy (non-hydrogen) atoms. The third-order valence-electron chi connectivity index (χ3n) is 2.82. The number of anilines is 1. The second kappa shape index (κ2) is 7.95. The van der Waals surface area contributed by atoms with E-state index in [0.717, 1.165) is 5.56 Å². The van der Waals surface area contributed by atoms with Gasteiger partial charge in [-0.25, -0.2) is 0 Å². The number of hydrogen-bond acceptors (Lipinski definition) is 3. The SMILES string of the molecule is COc1ccccc1NC(=S)NC(=O)/C=C/c1ccccc1. The second-order valence-electron chi connectivity index (χ2n) is 4.39. The van der Waals surface area contributed by atoms with E-state index in [0.29, 0.717) is 11.4 Å². The Balaban J connectivity index is 1.92.